The molecular weight excluding hydrogens is 394 g/mol. The zero-order valence-electron chi connectivity index (χ0n) is 18.5. The number of fused-ring (bicyclic) bond motifs is 1. The lowest BCUT2D eigenvalue weighted by atomic mass is 9.95. The Hall–Kier alpha value is -2.35. The molecule has 0 unspecified atom stereocenters. The Labute approximate surface area is 183 Å². The lowest BCUT2D eigenvalue weighted by Crippen LogP contribution is -2.29. The second-order valence-corrected chi connectivity index (χ2v) is 8.38. The molecule has 0 spiro atoms. The van der Waals surface area contributed by atoms with Crippen molar-refractivity contribution >= 4 is 10.9 Å². The molecule has 2 heterocycles. The molecule has 3 aromatic rings. The Bertz CT molecular complexity index is 998. The summed E-state index contributed by atoms with van der Waals surface area (Å²) in [6, 6.07) is 8.64. The highest BCUT2D eigenvalue weighted by atomic mass is 16.5. The first-order chi connectivity index (χ1) is 15.2. The first-order valence-electron chi connectivity index (χ1n) is 11.3. The number of hydrogen-bond acceptors (Lipinski definition) is 6. The van der Waals surface area contributed by atoms with Gasteiger partial charge >= 0.3 is 0 Å². The van der Waals surface area contributed by atoms with E-state index in [1.165, 1.54) is 37.8 Å². The SMILES string of the molecule is COc1cccc2c(-c3cc(CN(CCO)CCO)on3)c(C)n(C3CCCCC3)c12. The molecule has 1 aromatic carbocycles. The minimum atomic E-state index is 0.0365. The van der Waals surface area contributed by atoms with Crippen molar-refractivity contribution in [1.82, 2.24) is 14.6 Å². The van der Waals surface area contributed by atoms with Crippen LogP contribution in [0.2, 0.25) is 0 Å². The van der Waals surface area contributed by atoms with Crippen LogP contribution in [0.1, 0.15) is 49.6 Å². The van der Waals surface area contributed by atoms with Crippen LogP contribution in [0.15, 0.2) is 28.8 Å². The highest BCUT2D eigenvalue weighted by Gasteiger charge is 2.26. The van der Waals surface area contributed by atoms with E-state index in [1.807, 2.05) is 23.1 Å². The van der Waals surface area contributed by atoms with Crippen LogP contribution in [0.25, 0.3) is 22.2 Å². The van der Waals surface area contributed by atoms with Crippen LogP contribution >= 0.6 is 0 Å². The maximum Gasteiger partial charge on any atom is 0.151 e. The summed E-state index contributed by atoms with van der Waals surface area (Å²) in [6.07, 6.45) is 6.19. The van der Waals surface area contributed by atoms with Crippen molar-refractivity contribution in [2.45, 2.75) is 51.6 Å². The fourth-order valence-electron chi connectivity index (χ4n) is 5.02. The van der Waals surface area contributed by atoms with Gasteiger partial charge < -0.3 is 24.0 Å². The van der Waals surface area contributed by atoms with E-state index in [0.29, 0.717) is 25.7 Å². The standard InChI is InChI=1S/C24H33N3O4/c1-17-23(21-15-19(31-25-21)16-26(11-13-28)12-14-29)20-9-6-10-22(30-2)24(20)27(17)18-7-4-3-5-8-18/h6,9-10,15,18,28-29H,3-5,7-8,11-14,16H2,1-2H3. The fourth-order valence-corrected chi connectivity index (χ4v) is 5.02. The summed E-state index contributed by atoms with van der Waals surface area (Å²) in [7, 11) is 1.73. The van der Waals surface area contributed by atoms with Crippen molar-refractivity contribution in [3.05, 3.63) is 35.7 Å². The van der Waals surface area contributed by atoms with E-state index in [2.05, 4.69) is 22.7 Å². The lowest BCUT2D eigenvalue weighted by Gasteiger charge is -2.26. The van der Waals surface area contributed by atoms with Gasteiger partial charge in [-0.2, -0.15) is 0 Å². The van der Waals surface area contributed by atoms with Crippen molar-refractivity contribution in [2.24, 2.45) is 0 Å². The molecular formula is C24H33N3O4. The van der Waals surface area contributed by atoms with Gasteiger partial charge in [-0.05, 0) is 25.8 Å². The number of rotatable bonds is 9. The molecule has 31 heavy (non-hydrogen) atoms. The largest absolute Gasteiger partial charge is 0.495 e. The summed E-state index contributed by atoms with van der Waals surface area (Å²) < 4.78 is 13.9. The zero-order chi connectivity index (χ0) is 21.8. The number of hydrogen-bond donors (Lipinski definition) is 2. The summed E-state index contributed by atoms with van der Waals surface area (Å²) in [5.41, 5.74) is 4.23. The van der Waals surface area contributed by atoms with Crippen molar-refractivity contribution < 1.29 is 19.5 Å². The molecule has 2 N–H and O–H groups in total. The first kappa shape index (κ1) is 21.9. The lowest BCUT2D eigenvalue weighted by molar-refractivity contribution is 0.145. The van der Waals surface area contributed by atoms with E-state index in [1.54, 1.807) is 7.11 Å². The maximum atomic E-state index is 9.27. The molecule has 0 atom stereocenters. The van der Waals surface area contributed by atoms with Crippen molar-refractivity contribution in [3.63, 3.8) is 0 Å². The second kappa shape index (κ2) is 9.85. The van der Waals surface area contributed by atoms with E-state index >= 15 is 0 Å². The van der Waals surface area contributed by atoms with Gasteiger partial charge in [0.15, 0.2) is 5.76 Å². The Kier molecular flexibility index (Phi) is 6.95. The van der Waals surface area contributed by atoms with Crippen molar-refractivity contribution in [1.29, 1.82) is 0 Å². The molecule has 1 aliphatic rings. The van der Waals surface area contributed by atoms with Crippen molar-refractivity contribution in [2.75, 3.05) is 33.4 Å². The highest BCUT2D eigenvalue weighted by molar-refractivity contribution is 6.00. The van der Waals surface area contributed by atoms with Crippen LogP contribution in [-0.2, 0) is 6.54 Å². The third-order valence-electron chi connectivity index (χ3n) is 6.42. The van der Waals surface area contributed by atoms with E-state index in [-0.39, 0.29) is 13.2 Å². The molecule has 0 aliphatic heterocycles. The molecule has 0 amide bonds. The van der Waals surface area contributed by atoms with Gasteiger partial charge in [-0.3, -0.25) is 4.90 Å². The van der Waals surface area contributed by atoms with E-state index in [9.17, 15) is 10.2 Å². The van der Waals surface area contributed by atoms with E-state index in [0.717, 1.165) is 33.7 Å². The first-order valence-corrected chi connectivity index (χ1v) is 11.3. The number of para-hydroxylation sites is 1. The summed E-state index contributed by atoms with van der Waals surface area (Å²) in [4.78, 5) is 1.95. The number of aliphatic hydroxyl groups is 2. The maximum absolute atomic E-state index is 9.27. The van der Waals surface area contributed by atoms with Crippen LogP contribution in [0.4, 0.5) is 0 Å². The van der Waals surface area contributed by atoms with Gasteiger partial charge in [0.1, 0.15) is 11.4 Å². The predicted molar refractivity (Wildman–Crippen MR) is 120 cm³/mol. The Balaban J connectivity index is 1.76. The molecule has 0 saturated heterocycles. The van der Waals surface area contributed by atoms with Gasteiger partial charge in [-0.1, -0.05) is 36.6 Å². The molecule has 7 nitrogen and oxygen atoms in total. The van der Waals surface area contributed by atoms with Gasteiger partial charge in [0.25, 0.3) is 0 Å². The van der Waals surface area contributed by atoms with Gasteiger partial charge in [-0.25, -0.2) is 0 Å². The average molecular weight is 428 g/mol. The molecule has 0 radical (unpaired) electrons. The van der Waals surface area contributed by atoms with Gasteiger partial charge in [-0.15, -0.1) is 0 Å². The molecule has 168 valence electrons. The molecule has 1 saturated carbocycles. The zero-order valence-corrected chi connectivity index (χ0v) is 18.5. The van der Waals surface area contributed by atoms with Crippen LogP contribution in [0.5, 0.6) is 5.75 Å². The average Bonchev–Trinajstić information content (AvgIpc) is 3.35. The highest BCUT2D eigenvalue weighted by Crippen LogP contribution is 2.43. The minimum absolute atomic E-state index is 0.0365. The smallest absolute Gasteiger partial charge is 0.151 e. The molecule has 4 rings (SSSR count). The summed E-state index contributed by atoms with van der Waals surface area (Å²) in [6.45, 7) is 3.70. The Morgan fingerprint density at radius 2 is 1.90 bits per heavy atom. The Morgan fingerprint density at radius 3 is 2.58 bits per heavy atom. The van der Waals surface area contributed by atoms with Crippen LogP contribution in [0, 0.1) is 6.92 Å². The number of aliphatic hydroxyl groups excluding tert-OH is 2. The monoisotopic (exact) mass is 427 g/mol. The fraction of sp³-hybridized carbons (Fsp3) is 0.542. The van der Waals surface area contributed by atoms with Crippen molar-refractivity contribution in [3.8, 4) is 17.0 Å². The summed E-state index contributed by atoms with van der Waals surface area (Å²) >= 11 is 0. The topological polar surface area (TPSA) is 83.9 Å². The minimum Gasteiger partial charge on any atom is -0.495 e. The molecule has 0 bridgehead atoms. The number of benzene rings is 1. The molecule has 2 aromatic heterocycles. The van der Waals surface area contributed by atoms with E-state index in [4.69, 9.17) is 9.26 Å². The normalized spacial score (nSPS) is 15.3. The summed E-state index contributed by atoms with van der Waals surface area (Å²) in [5, 5.41) is 24.1. The molecule has 1 fully saturated rings. The number of nitrogens with zero attached hydrogens (tertiary/aromatic N) is 3. The third kappa shape index (κ3) is 4.35. The van der Waals surface area contributed by atoms with Gasteiger partial charge in [0.05, 0.1) is 32.4 Å². The number of methoxy groups -OCH3 is 1. The second-order valence-electron chi connectivity index (χ2n) is 8.38. The predicted octanol–water partition coefficient (Wildman–Crippen LogP) is 3.91. The number of aromatic nitrogens is 2. The van der Waals surface area contributed by atoms with Crippen LogP contribution in [-0.4, -0.2) is 58.2 Å². The summed E-state index contributed by atoms with van der Waals surface area (Å²) in [5.74, 6) is 1.61. The number of ether oxygens (including phenoxy) is 1. The van der Waals surface area contributed by atoms with E-state index < -0.39 is 0 Å². The van der Waals surface area contributed by atoms with Crippen LogP contribution in [0.3, 0.4) is 0 Å². The molecule has 7 heteroatoms. The molecule has 1 aliphatic carbocycles. The third-order valence-corrected chi connectivity index (χ3v) is 6.42. The quantitative estimate of drug-likeness (QED) is 0.539. The van der Waals surface area contributed by atoms with Crippen LogP contribution < -0.4 is 4.74 Å². The van der Waals surface area contributed by atoms with Gasteiger partial charge in [0.2, 0.25) is 0 Å². The Morgan fingerprint density at radius 1 is 1.16 bits per heavy atom. The van der Waals surface area contributed by atoms with Gasteiger partial charge in [0, 0.05) is 41.8 Å².